The summed E-state index contributed by atoms with van der Waals surface area (Å²) < 4.78 is 17.5. The SMILES string of the molecule is Cc1cc(C)c(NC(=O)CN2CCOCCOCCN(CC(=O)Nc3c(C)cc(C)cc3C)CCOCC2)c(C)c1. The Labute approximate surface area is 245 Å². The number of aryl methyl sites for hydroxylation is 6. The van der Waals surface area contributed by atoms with E-state index < -0.39 is 0 Å². The zero-order valence-corrected chi connectivity index (χ0v) is 25.7. The highest BCUT2D eigenvalue weighted by molar-refractivity contribution is 5.94. The molecule has 9 nitrogen and oxygen atoms in total. The van der Waals surface area contributed by atoms with Crippen molar-refractivity contribution >= 4 is 23.2 Å². The van der Waals surface area contributed by atoms with Gasteiger partial charge in [0.25, 0.3) is 0 Å². The second kappa shape index (κ2) is 16.6. The van der Waals surface area contributed by atoms with Crippen LogP contribution < -0.4 is 10.6 Å². The van der Waals surface area contributed by atoms with E-state index in [1.54, 1.807) is 0 Å². The van der Waals surface area contributed by atoms with Crippen molar-refractivity contribution in [2.75, 3.05) is 89.5 Å². The molecule has 226 valence electrons. The Morgan fingerprint density at radius 2 is 0.854 bits per heavy atom. The maximum atomic E-state index is 12.9. The lowest BCUT2D eigenvalue weighted by atomic mass is 10.1. The van der Waals surface area contributed by atoms with Gasteiger partial charge in [0.05, 0.1) is 52.7 Å². The number of amides is 2. The predicted octanol–water partition coefficient (Wildman–Crippen LogP) is 3.78. The molecule has 1 aliphatic heterocycles. The molecular formula is C32H48N4O5. The fourth-order valence-electron chi connectivity index (χ4n) is 5.26. The summed E-state index contributed by atoms with van der Waals surface area (Å²) in [6.07, 6.45) is 0. The molecule has 0 bridgehead atoms. The van der Waals surface area contributed by atoms with E-state index in [1.807, 2.05) is 37.5 Å². The average molecular weight is 569 g/mol. The van der Waals surface area contributed by atoms with Crippen LogP contribution in [0, 0.1) is 41.5 Å². The van der Waals surface area contributed by atoms with Gasteiger partial charge in [0.1, 0.15) is 0 Å². The molecular weight excluding hydrogens is 520 g/mol. The van der Waals surface area contributed by atoms with Gasteiger partial charge in [-0.3, -0.25) is 19.4 Å². The first-order valence-corrected chi connectivity index (χ1v) is 14.6. The number of hydrogen-bond acceptors (Lipinski definition) is 7. The number of carbonyl (C=O) groups is 2. The first-order chi connectivity index (χ1) is 19.6. The number of anilines is 2. The standard InChI is InChI=1S/C32H48N4O5/c1-23-17-25(3)31(26(4)18-23)33-29(37)21-35-7-11-39-12-8-36(10-14-41-16-15-40-13-9-35)22-30(38)34-32-27(5)19-24(2)20-28(32)6/h17-20H,7-16,21-22H2,1-6H3,(H,33,37)(H,34,38). The summed E-state index contributed by atoms with van der Waals surface area (Å²) in [6, 6.07) is 8.31. The monoisotopic (exact) mass is 568 g/mol. The normalized spacial score (nSPS) is 16.9. The second-order valence-electron chi connectivity index (χ2n) is 11.0. The Hall–Kier alpha value is -2.82. The van der Waals surface area contributed by atoms with Crippen molar-refractivity contribution in [2.24, 2.45) is 0 Å². The molecule has 41 heavy (non-hydrogen) atoms. The maximum Gasteiger partial charge on any atom is 0.238 e. The molecule has 1 saturated heterocycles. The van der Waals surface area contributed by atoms with Crippen LogP contribution in [0.5, 0.6) is 0 Å². The van der Waals surface area contributed by atoms with E-state index in [-0.39, 0.29) is 24.9 Å². The van der Waals surface area contributed by atoms with Crippen molar-refractivity contribution in [2.45, 2.75) is 41.5 Å². The molecule has 0 unspecified atom stereocenters. The van der Waals surface area contributed by atoms with Crippen LogP contribution in [-0.2, 0) is 23.8 Å². The Kier molecular flexibility index (Phi) is 13.2. The smallest absolute Gasteiger partial charge is 0.238 e. The number of benzene rings is 2. The average Bonchev–Trinajstić information content (AvgIpc) is 2.89. The molecule has 0 saturated carbocycles. The lowest BCUT2D eigenvalue weighted by Gasteiger charge is -2.23. The van der Waals surface area contributed by atoms with Gasteiger partial charge in [0, 0.05) is 37.6 Å². The third-order valence-corrected chi connectivity index (χ3v) is 7.20. The molecule has 0 atom stereocenters. The molecule has 1 heterocycles. The Balaban J connectivity index is 1.52. The highest BCUT2D eigenvalue weighted by Crippen LogP contribution is 2.23. The molecule has 9 heteroatoms. The molecule has 0 spiro atoms. The molecule has 3 rings (SSSR count). The summed E-state index contributed by atoms with van der Waals surface area (Å²) in [5, 5.41) is 6.18. The van der Waals surface area contributed by atoms with Gasteiger partial charge in [-0.2, -0.15) is 0 Å². The number of hydrogen-bond donors (Lipinski definition) is 2. The largest absolute Gasteiger partial charge is 0.379 e. The first kappa shape index (κ1) is 32.7. The summed E-state index contributed by atoms with van der Waals surface area (Å²) in [7, 11) is 0. The predicted molar refractivity (Wildman–Crippen MR) is 164 cm³/mol. The maximum absolute atomic E-state index is 12.9. The number of nitrogens with zero attached hydrogens (tertiary/aromatic N) is 2. The minimum Gasteiger partial charge on any atom is -0.379 e. The summed E-state index contributed by atoms with van der Waals surface area (Å²) in [4.78, 5) is 29.9. The van der Waals surface area contributed by atoms with Crippen LogP contribution in [0.25, 0.3) is 0 Å². The summed E-state index contributed by atoms with van der Waals surface area (Å²) >= 11 is 0. The van der Waals surface area contributed by atoms with Gasteiger partial charge in [-0.1, -0.05) is 35.4 Å². The van der Waals surface area contributed by atoms with Crippen molar-refractivity contribution in [3.8, 4) is 0 Å². The van der Waals surface area contributed by atoms with E-state index in [0.717, 1.165) is 33.6 Å². The number of rotatable bonds is 6. The minimum atomic E-state index is -0.0578. The van der Waals surface area contributed by atoms with Crippen molar-refractivity contribution < 1.29 is 23.8 Å². The van der Waals surface area contributed by atoms with E-state index in [2.05, 4.69) is 48.7 Å². The Morgan fingerprint density at radius 3 is 1.17 bits per heavy atom. The van der Waals surface area contributed by atoms with Gasteiger partial charge in [-0.25, -0.2) is 0 Å². The van der Waals surface area contributed by atoms with Crippen LogP contribution in [0.2, 0.25) is 0 Å². The summed E-state index contributed by atoms with van der Waals surface area (Å²) in [6.45, 7) is 18.0. The first-order valence-electron chi connectivity index (χ1n) is 14.6. The van der Waals surface area contributed by atoms with Gasteiger partial charge in [0.2, 0.25) is 11.8 Å². The van der Waals surface area contributed by atoms with Crippen LogP contribution in [0.15, 0.2) is 24.3 Å². The number of nitrogens with one attached hydrogen (secondary N) is 2. The van der Waals surface area contributed by atoms with Crippen molar-refractivity contribution in [1.82, 2.24) is 9.80 Å². The van der Waals surface area contributed by atoms with E-state index in [1.165, 1.54) is 11.1 Å². The topological polar surface area (TPSA) is 92.4 Å². The van der Waals surface area contributed by atoms with Crippen LogP contribution in [-0.4, -0.2) is 101 Å². The molecule has 2 aromatic rings. The molecule has 0 radical (unpaired) electrons. The second-order valence-corrected chi connectivity index (χ2v) is 11.0. The zero-order valence-electron chi connectivity index (χ0n) is 25.7. The van der Waals surface area contributed by atoms with Gasteiger partial charge < -0.3 is 24.8 Å². The third-order valence-electron chi connectivity index (χ3n) is 7.20. The summed E-state index contributed by atoms with van der Waals surface area (Å²) in [5.41, 5.74) is 8.34. The van der Waals surface area contributed by atoms with Crippen LogP contribution in [0.1, 0.15) is 33.4 Å². The minimum absolute atomic E-state index is 0.0578. The fourth-order valence-corrected chi connectivity index (χ4v) is 5.26. The number of carbonyl (C=O) groups excluding carboxylic acids is 2. The number of ether oxygens (including phenoxy) is 3. The third kappa shape index (κ3) is 11.2. The molecule has 1 aliphatic rings. The van der Waals surface area contributed by atoms with Crippen molar-refractivity contribution in [1.29, 1.82) is 0 Å². The molecule has 2 amide bonds. The van der Waals surface area contributed by atoms with E-state index >= 15 is 0 Å². The molecule has 1 fully saturated rings. The quantitative estimate of drug-likeness (QED) is 0.548. The van der Waals surface area contributed by atoms with Crippen LogP contribution >= 0.6 is 0 Å². The van der Waals surface area contributed by atoms with Crippen LogP contribution in [0.4, 0.5) is 11.4 Å². The molecule has 2 aromatic carbocycles. The fraction of sp³-hybridized carbons (Fsp3) is 0.562. The van der Waals surface area contributed by atoms with E-state index in [4.69, 9.17) is 14.2 Å². The molecule has 0 aromatic heterocycles. The van der Waals surface area contributed by atoms with Gasteiger partial charge in [-0.15, -0.1) is 0 Å². The lowest BCUT2D eigenvalue weighted by molar-refractivity contribution is -0.118. The highest BCUT2D eigenvalue weighted by atomic mass is 16.5. The van der Waals surface area contributed by atoms with Crippen LogP contribution in [0.3, 0.4) is 0 Å². The van der Waals surface area contributed by atoms with E-state index in [0.29, 0.717) is 65.8 Å². The van der Waals surface area contributed by atoms with Crippen molar-refractivity contribution in [3.05, 3.63) is 57.6 Å². The molecule has 0 aliphatic carbocycles. The van der Waals surface area contributed by atoms with Gasteiger partial charge >= 0.3 is 0 Å². The zero-order chi connectivity index (χ0) is 29.8. The van der Waals surface area contributed by atoms with Gasteiger partial charge in [0.15, 0.2) is 0 Å². The Bertz CT molecular complexity index is 1030. The Morgan fingerprint density at radius 1 is 0.561 bits per heavy atom. The van der Waals surface area contributed by atoms with E-state index in [9.17, 15) is 9.59 Å². The van der Waals surface area contributed by atoms with Crippen molar-refractivity contribution in [3.63, 3.8) is 0 Å². The molecule has 2 N–H and O–H groups in total. The van der Waals surface area contributed by atoms with Gasteiger partial charge in [-0.05, 0) is 63.8 Å². The summed E-state index contributed by atoms with van der Waals surface area (Å²) in [5.74, 6) is -0.116. The lowest BCUT2D eigenvalue weighted by Crippen LogP contribution is -2.39. The highest BCUT2D eigenvalue weighted by Gasteiger charge is 2.16.